The minimum Gasteiger partial charge on any atom is -0.384 e. The van der Waals surface area contributed by atoms with Gasteiger partial charge in [-0.2, -0.15) is 0 Å². The summed E-state index contributed by atoms with van der Waals surface area (Å²) < 4.78 is 0. The normalized spacial score (nSPS) is 12.9. The molecule has 0 amide bonds. The van der Waals surface area contributed by atoms with Crippen LogP contribution in [0, 0.1) is 39.5 Å². The Bertz CT molecular complexity index is 382. The van der Waals surface area contributed by atoms with Crippen LogP contribution in [0.3, 0.4) is 0 Å². The topological polar surface area (TPSA) is 38.0 Å². The zero-order chi connectivity index (χ0) is 13.9. The molecule has 1 aromatic rings. The maximum absolute atomic E-state index is 5.83. The van der Waals surface area contributed by atoms with E-state index in [4.69, 9.17) is 5.73 Å². The Morgan fingerprint density at radius 2 is 1.56 bits per heavy atom. The van der Waals surface area contributed by atoms with Gasteiger partial charge in [0.15, 0.2) is 0 Å². The van der Waals surface area contributed by atoms with Crippen molar-refractivity contribution in [3.05, 3.63) is 28.3 Å². The van der Waals surface area contributed by atoms with Gasteiger partial charge in [0, 0.05) is 12.2 Å². The molecule has 0 radical (unpaired) electrons. The summed E-state index contributed by atoms with van der Waals surface area (Å²) in [6, 6.07) is 2.26. The van der Waals surface area contributed by atoms with E-state index in [-0.39, 0.29) is 0 Å². The van der Waals surface area contributed by atoms with Crippen LogP contribution in [0.1, 0.15) is 36.1 Å². The van der Waals surface area contributed by atoms with E-state index in [1.807, 2.05) is 0 Å². The van der Waals surface area contributed by atoms with E-state index in [9.17, 15) is 0 Å². The fourth-order valence-electron chi connectivity index (χ4n) is 2.31. The quantitative estimate of drug-likeness (QED) is 0.836. The summed E-state index contributed by atoms with van der Waals surface area (Å²) in [5.74, 6) is 1.15. The van der Waals surface area contributed by atoms with Crippen LogP contribution in [-0.2, 0) is 0 Å². The Hall–Kier alpha value is -1.02. The predicted molar refractivity (Wildman–Crippen MR) is 81.3 cm³/mol. The number of nitrogens with two attached hydrogens (primary N) is 1. The number of nitrogens with one attached hydrogen (secondary N) is 1. The molecule has 0 fully saturated rings. The second-order valence-corrected chi connectivity index (χ2v) is 5.76. The van der Waals surface area contributed by atoms with Gasteiger partial charge in [0.2, 0.25) is 0 Å². The SMILES string of the molecule is Cc1cc(C)c(C)c(NCC(CN)C(C)C)c1C. The highest BCUT2D eigenvalue weighted by Gasteiger charge is 2.13. The minimum absolute atomic E-state index is 0.532. The van der Waals surface area contributed by atoms with Gasteiger partial charge >= 0.3 is 0 Å². The Labute approximate surface area is 112 Å². The molecule has 1 unspecified atom stereocenters. The number of hydrogen-bond donors (Lipinski definition) is 2. The van der Waals surface area contributed by atoms with Crippen molar-refractivity contribution < 1.29 is 0 Å². The molecule has 0 saturated carbocycles. The van der Waals surface area contributed by atoms with Gasteiger partial charge in [-0.3, -0.25) is 0 Å². The van der Waals surface area contributed by atoms with Crippen molar-refractivity contribution in [2.75, 3.05) is 18.4 Å². The van der Waals surface area contributed by atoms with Gasteiger partial charge in [0.25, 0.3) is 0 Å². The fourth-order valence-corrected chi connectivity index (χ4v) is 2.31. The lowest BCUT2D eigenvalue weighted by Gasteiger charge is -2.23. The first-order valence-corrected chi connectivity index (χ1v) is 6.89. The third kappa shape index (κ3) is 3.26. The lowest BCUT2D eigenvalue weighted by atomic mass is 9.94. The molecule has 0 aliphatic carbocycles. The Morgan fingerprint density at radius 1 is 1.06 bits per heavy atom. The molecular formula is C16H28N2. The predicted octanol–water partition coefficient (Wildman–Crippen LogP) is 3.56. The third-order valence-corrected chi connectivity index (χ3v) is 4.15. The van der Waals surface area contributed by atoms with Crippen LogP contribution in [0.5, 0.6) is 0 Å². The maximum atomic E-state index is 5.83. The van der Waals surface area contributed by atoms with Crippen molar-refractivity contribution in [1.29, 1.82) is 0 Å². The lowest BCUT2D eigenvalue weighted by Crippen LogP contribution is -2.27. The van der Waals surface area contributed by atoms with Crippen LogP contribution >= 0.6 is 0 Å². The largest absolute Gasteiger partial charge is 0.384 e. The fraction of sp³-hybridized carbons (Fsp3) is 0.625. The summed E-state index contributed by atoms with van der Waals surface area (Å²) in [7, 11) is 0. The summed E-state index contributed by atoms with van der Waals surface area (Å²) in [5.41, 5.74) is 12.6. The van der Waals surface area contributed by atoms with Crippen molar-refractivity contribution in [3.63, 3.8) is 0 Å². The van der Waals surface area contributed by atoms with E-state index >= 15 is 0 Å². The number of hydrogen-bond acceptors (Lipinski definition) is 2. The van der Waals surface area contributed by atoms with Gasteiger partial charge in [0.1, 0.15) is 0 Å². The standard InChI is InChI=1S/C16H28N2/c1-10(2)15(8-17)9-18-16-13(5)11(3)7-12(4)14(16)6/h7,10,15,18H,8-9,17H2,1-6H3. The van der Waals surface area contributed by atoms with Gasteiger partial charge < -0.3 is 11.1 Å². The van der Waals surface area contributed by atoms with Crippen LogP contribution in [-0.4, -0.2) is 13.1 Å². The van der Waals surface area contributed by atoms with Gasteiger partial charge in [0.05, 0.1) is 0 Å². The lowest BCUT2D eigenvalue weighted by molar-refractivity contribution is 0.413. The van der Waals surface area contributed by atoms with E-state index in [0.717, 1.165) is 13.1 Å². The second kappa shape index (κ2) is 6.24. The van der Waals surface area contributed by atoms with Crippen molar-refractivity contribution in [3.8, 4) is 0 Å². The van der Waals surface area contributed by atoms with Crippen LogP contribution in [0.15, 0.2) is 6.07 Å². The zero-order valence-electron chi connectivity index (χ0n) is 12.7. The Balaban J connectivity index is 2.91. The summed E-state index contributed by atoms with van der Waals surface area (Å²) in [4.78, 5) is 0. The molecule has 0 spiro atoms. The molecule has 0 bridgehead atoms. The highest BCUT2D eigenvalue weighted by atomic mass is 14.9. The van der Waals surface area contributed by atoms with E-state index in [1.54, 1.807) is 0 Å². The average molecular weight is 248 g/mol. The molecule has 0 aliphatic rings. The molecule has 2 heteroatoms. The molecule has 102 valence electrons. The Kier molecular flexibility index (Phi) is 5.21. The van der Waals surface area contributed by atoms with E-state index in [1.165, 1.54) is 27.9 Å². The highest BCUT2D eigenvalue weighted by molar-refractivity contribution is 5.62. The molecule has 0 heterocycles. The monoisotopic (exact) mass is 248 g/mol. The average Bonchev–Trinajstić information content (AvgIpc) is 2.31. The van der Waals surface area contributed by atoms with Gasteiger partial charge in [-0.15, -0.1) is 0 Å². The number of rotatable bonds is 5. The third-order valence-electron chi connectivity index (χ3n) is 4.15. The van der Waals surface area contributed by atoms with Crippen LogP contribution in [0.4, 0.5) is 5.69 Å². The highest BCUT2D eigenvalue weighted by Crippen LogP contribution is 2.27. The molecule has 0 aromatic heterocycles. The van der Waals surface area contributed by atoms with Crippen LogP contribution in [0.25, 0.3) is 0 Å². The molecule has 2 nitrogen and oxygen atoms in total. The van der Waals surface area contributed by atoms with Crippen molar-refractivity contribution in [2.45, 2.75) is 41.5 Å². The van der Waals surface area contributed by atoms with E-state index in [0.29, 0.717) is 11.8 Å². The minimum atomic E-state index is 0.532. The zero-order valence-corrected chi connectivity index (χ0v) is 12.7. The van der Waals surface area contributed by atoms with Crippen LogP contribution in [0.2, 0.25) is 0 Å². The van der Waals surface area contributed by atoms with Gasteiger partial charge in [-0.25, -0.2) is 0 Å². The van der Waals surface area contributed by atoms with Crippen molar-refractivity contribution in [1.82, 2.24) is 0 Å². The molecule has 1 aromatic carbocycles. The number of anilines is 1. The Morgan fingerprint density at radius 3 is 1.94 bits per heavy atom. The van der Waals surface area contributed by atoms with E-state index in [2.05, 4.69) is 52.9 Å². The van der Waals surface area contributed by atoms with Gasteiger partial charge in [-0.05, 0) is 68.3 Å². The molecule has 0 saturated heterocycles. The van der Waals surface area contributed by atoms with Crippen LogP contribution < -0.4 is 11.1 Å². The molecular weight excluding hydrogens is 220 g/mol. The van der Waals surface area contributed by atoms with Crippen molar-refractivity contribution in [2.24, 2.45) is 17.6 Å². The number of benzene rings is 1. The summed E-state index contributed by atoms with van der Waals surface area (Å²) in [6.45, 7) is 14.9. The molecule has 18 heavy (non-hydrogen) atoms. The summed E-state index contributed by atoms with van der Waals surface area (Å²) in [6.07, 6.45) is 0. The van der Waals surface area contributed by atoms with E-state index < -0.39 is 0 Å². The molecule has 1 atom stereocenters. The van der Waals surface area contributed by atoms with Gasteiger partial charge in [-0.1, -0.05) is 19.9 Å². The summed E-state index contributed by atoms with van der Waals surface area (Å²) >= 11 is 0. The molecule has 0 aliphatic heterocycles. The first-order valence-electron chi connectivity index (χ1n) is 6.89. The first kappa shape index (κ1) is 15.0. The smallest absolute Gasteiger partial charge is 0.0405 e. The maximum Gasteiger partial charge on any atom is 0.0405 e. The molecule has 3 N–H and O–H groups in total. The first-order chi connectivity index (χ1) is 8.38. The second-order valence-electron chi connectivity index (χ2n) is 5.76. The summed E-state index contributed by atoms with van der Waals surface area (Å²) in [5, 5.41) is 3.62. The molecule has 1 rings (SSSR count). The number of aryl methyl sites for hydroxylation is 2. The van der Waals surface area contributed by atoms with Crippen molar-refractivity contribution >= 4 is 5.69 Å².